The van der Waals surface area contributed by atoms with Crippen LogP contribution in [0.25, 0.3) is 0 Å². The Bertz CT molecular complexity index is 685. The standard InChI is InChI=1S/C16H17N3O2/c1-21-16(20)13-9-12(17)10-18-15(13)19-8-4-6-11-5-2-3-7-14(11)19/h2-3,5,7,9-10H,4,6,8,17H2,1H3. The summed E-state index contributed by atoms with van der Waals surface area (Å²) < 4.78 is 4.85. The maximum absolute atomic E-state index is 12.0. The summed E-state index contributed by atoms with van der Waals surface area (Å²) in [5.41, 5.74) is 8.95. The van der Waals surface area contributed by atoms with Gasteiger partial charge in [-0.1, -0.05) is 18.2 Å². The van der Waals surface area contributed by atoms with E-state index in [4.69, 9.17) is 10.5 Å². The number of benzene rings is 1. The van der Waals surface area contributed by atoms with Gasteiger partial charge in [0.15, 0.2) is 0 Å². The second-order valence-electron chi connectivity index (χ2n) is 5.02. The number of esters is 1. The molecule has 0 bridgehead atoms. The summed E-state index contributed by atoms with van der Waals surface area (Å²) in [6.07, 6.45) is 3.62. The van der Waals surface area contributed by atoms with E-state index in [-0.39, 0.29) is 0 Å². The van der Waals surface area contributed by atoms with Crippen molar-refractivity contribution in [1.82, 2.24) is 4.98 Å². The van der Waals surface area contributed by atoms with Crippen molar-refractivity contribution in [3.05, 3.63) is 47.7 Å². The molecule has 3 rings (SSSR count). The molecule has 0 radical (unpaired) electrons. The molecule has 0 aliphatic carbocycles. The minimum atomic E-state index is -0.423. The van der Waals surface area contributed by atoms with Crippen molar-refractivity contribution in [2.45, 2.75) is 12.8 Å². The highest BCUT2D eigenvalue weighted by atomic mass is 16.5. The number of nitrogens with zero attached hydrogens (tertiary/aromatic N) is 2. The fourth-order valence-corrected chi connectivity index (χ4v) is 2.70. The highest BCUT2D eigenvalue weighted by Gasteiger charge is 2.24. The molecule has 108 valence electrons. The van der Waals surface area contributed by atoms with Crippen molar-refractivity contribution in [3.8, 4) is 0 Å². The lowest BCUT2D eigenvalue weighted by atomic mass is 10.0. The summed E-state index contributed by atoms with van der Waals surface area (Å²) in [6.45, 7) is 0.817. The van der Waals surface area contributed by atoms with Crippen molar-refractivity contribution < 1.29 is 9.53 Å². The molecule has 2 N–H and O–H groups in total. The molecular weight excluding hydrogens is 266 g/mol. The van der Waals surface area contributed by atoms with Gasteiger partial charge >= 0.3 is 5.97 Å². The lowest BCUT2D eigenvalue weighted by molar-refractivity contribution is 0.0601. The third-order valence-electron chi connectivity index (χ3n) is 3.66. The minimum absolute atomic E-state index is 0.397. The Morgan fingerprint density at radius 2 is 2.19 bits per heavy atom. The van der Waals surface area contributed by atoms with Crippen LogP contribution in [0.1, 0.15) is 22.3 Å². The third-order valence-corrected chi connectivity index (χ3v) is 3.66. The van der Waals surface area contributed by atoms with E-state index in [2.05, 4.69) is 16.0 Å². The van der Waals surface area contributed by atoms with E-state index in [0.29, 0.717) is 17.1 Å². The molecule has 1 aliphatic heterocycles. The van der Waals surface area contributed by atoms with Gasteiger partial charge in [-0.2, -0.15) is 0 Å². The van der Waals surface area contributed by atoms with Crippen LogP contribution >= 0.6 is 0 Å². The lowest BCUT2D eigenvalue weighted by Crippen LogP contribution is -2.27. The zero-order valence-electron chi connectivity index (χ0n) is 11.9. The molecule has 0 fully saturated rings. The van der Waals surface area contributed by atoms with E-state index >= 15 is 0 Å². The number of hydrogen-bond donors (Lipinski definition) is 1. The van der Waals surface area contributed by atoms with Crippen LogP contribution in [-0.2, 0) is 11.2 Å². The lowest BCUT2D eigenvalue weighted by Gasteiger charge is -2.31. The van der Waals surface area contributed by atoms with Crippen LogP contribution < -0.4 is 10.6 Å². The number of para-hydroxylation sites is 1. The van der Waals surface area contributed by atoms with Crippen molar-refractivity contribution in [2.75, 3.05) is 24.3 Å². The zero-order chi connectivity index (χ0) is 14.8. The monoisotopic (exact) mass is 283 g/mol. The Kier molecular flexibility index (Phi) is 3.48. The van der Waals surface area contributed by atoms with Gasteiger partial charge in [-0.3, -0.25) is 0 Å². The minimum Gasteiger partial charge on any atom is -0.465 e. The number of aryl methyl sites for hydroxylation is 1. The number of ether oxygens (including phenoxy) is 1. The molecule has 0 saturated heterocycles. The molecule has 2 aromatic rings. The topological polar surface area (TPSA) is 68.5 Å². The van der Waals surface area contributed by atoms with Gasteiger partial charge in [0.2, 0.25) is 0 Å². The third kappa shape index (κ3) is 2.42. The van der Waals surface area contributed by atoms with Gasteiger partial charge in [-0.15, -0.1) is 0 Å². The predicted octanol–water partition coefficient (Wildman–Crippen LogP) is 2.53. The van der Waals surface area contributed by atoms with Gasteiger partial charge in [0.1, 0.15) is 11.4 Å². The van der Waals surface area contributed by atoms with Gasteiger partial charge in [0.25, 0.3) is 0 Å². The van der Waals surface area contributed by atoms with Crippen LogP contribution in [0.2, 0.25) is 0 Å². The quantitative estimate of drug-likeness (QED) is 0.858. The fraction of sp³-hybridized carbons (Fsp3) is 0.250. The summed E-state index contributed by atoms with van der Waals surface area (Å²) in [5.74, 6) is 0.177. The van der Waals surface area contributed by atoms with Crippen LogP contribution in [0.4, 0.5) is 17.2 Å². The van der Waals surface area contributed by atoms with E-state index in [1.165, 1.54) is 12.7 Å². The average Bonchev–Trinajstić information content (AvgIpc) is 2.53. The highest BCUT2D eigenvalue weighted by molar-refractivity contribution is 5.96. The smallest absolute Gasteiger partial charge is 0.341 e. The predicted molar refractivity (Wildman–Crippen MR) is 81.8 cm³/mol. The molecule has 1 aromatic heterocycles. The molecule has 0 unspecified atom stereocenters. The van der Waals surface area contributed by atoms with Gasteiger partial charge in [-0.05, 0) is 30.5 Å². The number of methoxy groups -OCH3 is 1. The first-order chi connectivity index (χ1) is 10.2. The molecular formula is C16H17N3O2. The van der Waals surface area contributed by atoms with Gasteiger partial charge in [0.05, 0.1) is 19.0 Å². The number of carbonyl (C=O) groups is 1. The largest absolute Gasteiger partial charge is 0.465 e. The maximum Gasteiger partial charge on any atom is 0.341 e. The number of pyridine rings is 1. The molecule has 0 amide bonds. The second kappa shape index (κ2) is 5.44. The fourth-order valence-electron chi connectivity index (χ4n) is 2.70. The Labute approximate surface area is 123 Å². The van der Waals surface area contributed by atoms with Crippen LogP contribution in [0.3, 0.4) is 0 Å². The van der Waals surface area contributed by atoms with Gasteiger partial charge < -0.3 is 15.4 Å². The Balaban J connectivity index is 2.12. The first kappa shape index (κ1) is 13.4. The molecule has 1 aliphatic rings. The molecule has 21 heavy (non-hydrogen) atoms. The number of nitrogens with two attached hydrogens (primary N) is 1. The number of fused-ring (bicyclic) bond motifs is 1. The first-order valence-corrected chi connectivity index (χ1v) is 6.90. The van der Waals surface area contributed by atoms with Crippen molar-refractivity contribution in [3.63, 3.8) is 0 Å². The van der Waals surface area contributed by atoms with E-state index in [0.717, 1.165) is 25.1 Å². The van der Waals surface area contributed by atoms with Crippen molar-refractivity contribution in [2.24, 2.45) is 0 Å². The molecule has 0 atom stereocenters. The molecule has 1 aromatic carbocycles. The summed E-state index contributed by atoms with van der Waals surface area (Å²) in [6, 6.07) is 9.79. The van der Waals surface area contributed by atoms with Crippen molar-refractivity contribution in [1.29, 1.82) is 0 Å². The molecule has 5 heteroatoms. The van der Waals surface area contributed by atoms with E-state index < -0.39 is 5.97 Å². The SMILES string of the molecule is COC(=O)c1cc(N)cnc1N1CCCc2ccccc21. The van der Waals surface area contributed by atoms with Gasteiger partial charge in [-0.25, -0.2) is 9.78 Å². The Hall–Kier alpha value is -2.56. The van der Waals surface area contributed by atoms with Crippen LogP contribution in [0, 0.1) is 0 Å². The second-order valence-corrected chi connectivity index (χ2v) is 5.02. The number of nitrogen functional groups attached to an aromatic ring is 1. The Morgan fingerprint density at radius 1 is 1.38 bits per heavy atom. The summed E-state index contributed by atoms with van der Waals surface area (Å²) in [4.78, 5) is 18.4. The maximum atomic E-state index is 12.0. The van der Waals surface area contributed by atoms with Crippen LogP contribution in [0.5, 0.6) is 0 Å². The number of carbonyl (C=O) groups excluding carboxylic acids is 1. The molecule has 0 saturated carbocycles. The normalized spacial score (nSPS) is 13.7. The van der Waals surface area contributed by atoms with E-state index in [1.54, 1.807) is 12.3 Å². The van der Waals surface area contributed by atoms with Crippen molar-refractivity contribution >= 4 is 23.2 Å². The first-order valence-electron chi connectivity index (χ1n) is 6.90. The molecule has 5 nitrogen and oxygen atoms in total. The number of aromatic nitrogens is 1. The van der Waals surface area contributed by atoms with E-state index in [1.807, 2.05) is 18.2 Å². The van der Waals surface area contributed by atoms with Crippen LogP contribution in [0.15, 0.2) is 36.5 Å². The van der Waals surface area contributed by atoms with Gasteiger partial charge in [0, 0.05) is 12.2 Å². The van der Waals surface area contributed by atoms with Crippen LogP contribution in [-0.4, -0.2) is 24.6 Å². The number of anilines is 3. The number of rotatable bonds is 2. The molecule has 2 heterocycles. The average molecular weight is 283 g/mol. The summed E-state index contributed by atoms with van der Waals surface area (Å²) in [7, 11) is 1.36. The number of hydrogen-bond acceptors (Lipinski definition) is 5. The Morgan fingerprint density at radius 3 is 3.00 bits per heavy atom. The highest BCUT2D eigenvalue weighted by Crippen LogP contribution is 2.34. The van der Waals surface area contributed by atoms with E-state index in [9.17, 15) is 4.79 Å². The summed E-state index contributed by atoms with van der Waals surface area (Å²) >= 11 is 0. The molecule has 0 spiro atoms. The summed E-state index contributed by atoms with van der Waals surface area (Å²) in [5, 5.41) is 0. The zero-order valence-corrected chi connectivity index (χ0v) is 11.9.